The number of hydrazone groups is 1. The lowest BCUT2D eigenvalue weighted by atomic mass is 10.2. The van der Waals surface area contributed by atoms with Crippen molar-refractivity contribution in [2.24, 2.45) is 5.10 Å². The molecule has 0 saturated heterocycles. The van der Waals surface area contributed by atoms with Gasteiger partial charge in [-0.05, 0) is 51.3 Å². The quantitative estimate of drug-likeness (QED) is 0.148. The minimum Gasteiger partial charge on any atom is -0.488 e. The van der Waals surface area contributed by atoms with E-state index in [4.69, 9.17) is 4.74 Å². The maximum atomic E-state index is 12.6. The van der Waals surface area contributed by atoms with Crippen LogP contribution in [0.25, 0.3) is 0 Å². The van der Waals surface area contributed by atoms with Gasteiger partial charge < -0.3 is 4.74 Å². The molecule has 0 saturated carbocycles. The lowest BCUT2D eigenvalue weighted by Crippen LogP contribution is -2.19. The minimum absolute atomic E-state index is 0.0126. The van der Waals surface area contributed by atoms with Gasteiger partial charge in [0.2, 0.25) is 0 Å². The lowest BCUT2D eigenvalue weighted by molar-refractivity contribution is -0.384. The number of benzene rings is 3. The number of rotatable bonds is 9. The number of hydrogen-bond acceptors (Lipinski definition) is 6. The number of hydrogen-bond donors (Lipinski definition) is 1. The van der Waals surface area contributed by atoms with Crippen LogP contribution in [0.5, 0.6) is 5.75 Å². The first-order valence-electron chi connectivity index (χ1n) is 10.6. The van der Waals surface area contributed by atoms with Crippen molar-refractivity contribution in [1.29, 1.82) is 0 Å². The summed E-state index contributed by atoms with van der Waals surface area (Å²) in [7, 11) is 0. The molecule has 182 valence electrons. The number of non-ortho nitro benzene ring substituents is 1. The summed E-state index contributed by atoms with van der Waals surface area (Å²) < 4.78 is 8.98. The second-order valence-electron chi connectivity index (χ2n) is 7.60. The Bertz CT molecular complexity index is 1400. The maximum absolute atomic E-state index is 12.6. The average Bonchev–Trinajstić information content (AvgIpc) is 3.24. The van der Waals surface area contributed by atoms with Crippen molar-refractivity contribution in [1.82, 2.24) is 15.2 Å². The zero-order valence-corrected chi connectivity index (χ0v) is 21.8. The third-order valence-corrected chi connectivity index (χ3v) is 6.13. The predicted molar refractivity (Wildman–Crippen MR) is 142 cm³/mol. The van der Waals surface area contributed by atoms with Crippen LogP contribution in [0.2, 0.25) is 0 Å². The van der Waals surface area contributed by atoms with Crippen LogP contribution < -0.4 is 10.2 Å². The third kappa shape index (κ3) is 6.64. The van der Waals surface area contributed by atoms with Crippen molar-refractivity contribution >= 4 is 49.7 Å². The molecule has 1 heterocycles. The number of aromatic nitrogens is 2. The second kappa shape index (κ2) is 11.7. The van der Waals surface area contributed by atoms with Gasteiger partial charge in [-0.2, -0.15) is 10.2 Å². The van der Waals surface area contributed by atoms with E-state index in [1.165, 1.54) is 18.3 Å². The Morgan fingerprint density at radius 1 is 1.06 bits per heavy atom. The lowest BCUT2D eigenvalue weighted by Gasteiger charge is -2.09. The number of ether oxygens (including phenoxy) is 1. The topological polar surface area (TPSA) is 112 Å². The summed E-state index contributed by atoms with van der Waals surface area (Å²) in [5.74, 6) is 0.140. The number of carbonyl (C=O) groups is 1. The van der Waals surface area contributed by atoms with Crippen LogP contribution in [0.1, 0.15) is 27.2 Å². The standard InChI is InChI=1S/C25H19Br2N5O4/c26-20-9-5-18(6-10-20)16-36-23-4-2-1-3-19(23)13-28-29-25(33)24-22(27)15-31(30-24)14-17-7-11-21(12-8-17)32(34)35/h1-13,15H,14,16H2,(H,29,33). The van der Waals surface area contributed by atoms with E-state index in [2.05, 4.69) is 47.5 Å². The predicted octanol–water partition coefficient (Wildman–Crippen LogP) is 5.71. The molecule has 3 aromatic carbocycles. The van der Waals surface area contributed by atoms with Gasteiger partial charge in [-0.15, -0.1) is 0 Å². The molecule has 0 aliphatic heterocycles. The number of halogens is 2. The Labute approximate surface area is 223 Å². The van der Waals surface area contributed by atoms with Gasteiger partial charge in [-0.3, -0.25) is 19.6 Å². The summed E-state index contributed by atoms with van der Waals surface area (Å²) in [6.45, 7) is 0.736. The number of carbonyl (C=O) groups excluding carboxylic acids is 1. The van der Waals surface area contributed by atoms with E-state index in [1.807, 2.05) is 48.5 Å². The Morgan fingerprint density at radius 2 is 1.75 bits per heavy atom. The smallest absolute Gasteiger partial charge is 0.293 e. The van der Waals surface area contributed by atoms with Gasteiger partial charge in [0, 0.05) is 28.4 Å². The van der Waals surface area contributed by atoms with Crippen LogP contribution in [0.15, 0.2) is 93.0 Å². The van der Waals surface area contributed by atoms with E-state index in [0.29, 0.717) is 28.9 Å². The van der Waals surface area contributed by atoms with Crippen LogP contribution in [-0.4, -0.2) is 26.8 Å². The van der Waals surface area contributed by atoms with Crippen molar-refractivity contribution in [2.75, 3.05) is 0 Å². The van der Waals surface area contributed by atoms with Crippen molar-refractivity contribution in [3.8, 4) is 5.75 Å². The van der Waals surface area contributed by atoms with Gasteiger partial charge in [0.05, 0.1) is 22.2 Å². The fourth-order valence-electron chi connectivity index (χ4n) is 3.22. The molecule has 1 N–H and O–H groups in total. The molecular weight excluding hydrogens is 594 g/mol. The van der Waals surface area contributed by atoms with Crippen molar-refractivity contribution in [3.63, 3.8) is 0 Å². The van der Waals surface area contributed by atoms with Gasteiger partial charge in [0.15, 0.2) is 5.69 Å². The maximum Gasteiger partial charge on any atom is 0.293 e. The first kappa shape index (κ1) is 25.3. The Kier molecular flexibility index (Phi) is 8.24. The van der Waals surface area contributed by atoms with E-state index in [0.717, 1.165) is 15.6 Å². The number of nitrogens with one attached hydrogen (secondary N) is 1. The molecule has 0 spiro atoms. The van der Waals surface area contributed by atoms with E-state index in [-0.39, 0.29) is 11.4 Å². The van der Waals surface area contributed by atoms with E-state index >= 15 is 0 Å². The SMILES string of the molecule is O=C(NN=Cc1ccccc1OCc1ccc(Br)cc1)c1nn(Cc2ccc([N+](=O)[O-])cc2)cc1Br. The van der Waals surface area contributed by atoms with Crippen LogP contribution in [0, 0.1) is 10.1 Å². The van der Waals surface area contributed by atoms with Gasteiger partial charge in [-0.1, -0.05) is 52.3 Å². The number of nitro benzene ring substituents is 1. The van der Waals surface area contributed by atoms with Crippen LogP contribution in [-0.2, 0) is 13.2 Å². The molecule has 4 aromatic rings. The molecular formula is C25H19Br2N5O4. The van der Waals surface area contributed by atoms with Crippen LogP contribution >= 0.6 is 31.9 Å². The van der Waals surface area contributed by atoms with Gasteiger partial charge in [0.1, 0.15) is 12.4 Å². The van der Waals surface area contributed by atoms with Gasteiger partial charge in [-0.25, -0.2) is 5.43 Å². The molecule has 0 fully saturated rings. The highest BCUT2D eigenvalue weighted by atomic mass is 79.9. The van der Waals surface area contributed by atoms with Gasteiger partial charge in [0.25, 0.3) is 11.6 Å². The summed E-state index contributed by atoms with van der Waals surface area (Å²) in [4.78, 5) is 23.0. The molecule has 0 unspecified atom stereocenters. The Hall–Kier alpha value is -3.83. The molecule has 36 heavy (non-hydrogen) atoms. The summed E-state index contributed by atoms with van der Waals surface area (Å²) in [6.07, 6.45) is 3.17. The molecule has 1 aromatic heterocycles. The average molecular weight is 613 g/mol. The number of nitro groups is 1. The van der Waals surface area contributed by atoms with Crippen molar-refractivity contribution < 1.29 is 14.5 Å². The third-order valence-electron chi connectivity index (χ3n) is 5.02. The normalized spacial score (nSPS) is 10.9. The summed E-state index contributed by atoms with van der Waals surface area (Å²) in [5, 5.41) is 19.2. The molecule has 0 atom stereocenters. The number of para-hydroxylation sites is 1. The van der Waals surface area contributed by atoms with Crippen LogP contribution in [0.3, 0.4) is 0 Å². The van der Waals surface area contributed by atoms with E-state index in [9.17, 15) is 14.9 Å². The number of nitrogens with zero attached hydrogens (tertiary/aromatic N) is 4. The highest BCUT2D eigenvalue weighted by molar-refractivity contribution is 9.10. The fourth-order valence-corrected chi connectivity index (χ4v) is 3.98. The van der Waals surface area contributed by atoms with E-state index < -0.39 is 10.8 Å². The highest BCUT2D eigenvalue weighted by Crippen LogP contribution is 2.20. The molecule has 9 nitrogen and oxygen atoms in total. The minimum atomic E-state index is -0.492. The Morgan fingerprint density at radius 3 is 2.47 bits per heavy atom. The molecule has 11 heteroatoms. The number of amides is 1. The van der Waals surface area contributed by atoms with Gasteiger partial charge >= 0.3 is 0 Å². The molecule has 0 aliphatic carbocycles. The molecule has 1 amide bonds. The Balaban J connectivity index is 1.37. The summed E-state index contributed by atoms with van der Waals surface area (Å²) in [6, 6.07) is 21.4. The first-order chi connectivity index (χ1) is 17.4. The highest BCUT2D eigenvalue weighted by Gasteiger charge is 2.15. The molecule has 0 bridgehead atoms. The largest absolute Gasteiger partial charge is 0.488 e. The van der Waals surface area contributed by atoms with Crippen molar-refractivity contribution in [2.45, 2.75) is 13.2 Å². The summed E-state index contributed by atoms with van der Waals surface area (Å²) in [5.41, 5.74) is 5.19. The van der Waals surface area contributed by atoms with Crippen molar-refractivity contribution in [3.05, 3.63) is 120 Å². The summed E-state index contributed by atoms with van der Waals surface area (Å²) >= 11 is 6.76. The first-order valence-corrected chi connectivity index (χ1v) is 12.2. The zero-order valence-electron chi connectivity index (χ0n) is 18.7. The second-order valence-corrected chi connectivity index (χ2v) is 9.37. The zero-order chi connectivity index (χ0) is 25.5. The van der Waals surface area contributed by atoms with Crippen LogP contribution in [0.4, 0.5) is 5.69 Å². The fraction of sp³-hybridized carbons (Fsp3) is 0.0800. The molecule has 0 aliphatic rings. The molecule has 0 radical (unpaired) electrons. The molecule has 4 rings (SSSR count). The monoisotopic (exact) mass is 611 g/mol. The van der Waals surface area contributed by atoms with E-state index in [1.54, 1.807) is 23.0 Å².